The predicted molar refractivity (Wildman–Crippen MR) is 145 cm³/mol. The van der Waals surface area contributed by atoms with Gasteiger partial charge in [-0.05, 0) is 72.8 Å². The van der Waals surface area contributed by atoms with Crippen LogP contribution in [0.1, 0.15) is 0 Å². The molecule has 4 aromatic rings. The SMILES string of the molecule is Sc1ccccc1Sc1ccc(SCSc2ccc(Sc3ccccc3S)cc2)cc1. The van der Waals surface area contributed by atoms with Crippen molar-refractivity contribution in [1.82, 2.24) is 0 Å². The summed E-state index contributed by atoms with van der Waals surface area (Å²) >= 11 is 16.3. The van der Waals surface area contributed by atoms with E-state index in [2.05, 4.69) is 85.9 Å². The van der Waals surface area contributed by atoms with E-state index >= 15 is 0 Å². The van der Waals surface area contributed by atoms with Crippen LogP contribution in [0, 0.1) is 0 Å². The monoisotopic (exact) mass is 512 g/mol. The summed E-state index contributed by atoms with van der Waals surface area (Å²) in [6.45, 7) is 0. The number of rotatable bonds is 8. The third-order valence-corrected chi connectivity index (χ3v) is 9.69. The van der Waals surface area contributed by atoms with E-state index in [1.165, 1.54) is 29.4 Å². The van der Waals surface area contributed by atoms with Crippen LogP contribution >= 0.6 is 72.3 Å². The van der Waals surface area contributed by atoms with Crippen LogP contribution in [-0.2, 0) is 0 Å². The zero-order chi connectivity index (χ0) is 21.5. The summed E-state index contributed by atoms with van der Waals surface area (Å²) in [5.74, 6) is 0. The molecule has 156 valence electrons. The zero-order valence-electron chi connectivity index (χ0n) is 16.5. The molecule has 0 aliphatic rings. The van der Waals surface area contributed by atoms with Crippen molar-refractivity contribution in [2.75, 3.05) is 5.08 Å². The van der Waals surface area contributed by atoms with E-state index in [0.29, 0.717) is 0 Å². The maximum Gasteiger partial charge on any atom is 0.0486 e. The Hall–Kier alpha value is -1.02. The maximum atomic E-state index is 4.53. The van der Waals surface area contributed by atoms with E-state index in [0.717, 1.165) is 14.9 Å². The lowest BCUT2D eigenvalue weighted by Crippen LogP contribution is -1.79. The number of hydrogen-bond acceptors (Lipinski definition) is 6. The lowest BCUT2D eigenvalue weighted by Gasteiger charge is -2.07. The fourth-order valence-corrected chi connectivity index (χ4v) is 6.98. The van der Waals surface area contributed by atoms with Crippen molar-refractivity contribution in [3.63, 3.8) is 0 Å². The Kier molecular flexibility index (Phi) is 8.76. The van der Waals surface area contributed by atoms with Gasteiger partial charge < -0.3 is 0 Å². The summed E-state index contributed by atoms with van der Waals surface area (Å²) in [6.07, 6.45) is 0. The lowest BCUT2D eigenvalue weighted by atomic mass is 10.4. The summed E-state index contributed by atoms with van der Waals surface area (Å²) in [6, 6.07) is 33.9. The summed E-state index contributed by atoms with van der Waals surface area (Å²) in [4.78, 5) is 9.43. The molecular formula is C25H20S6. The average molecular weight is 513 g/mol. The van der Waals surface area contributed by atoms with Gasteiger partial charge >= 0.3 is 0 Å². The number of hydrogen-bond donors (Lipinski definition) is 2. The maximum absolute atomic E-state index is 4.53. The van der Waals surface area contributed by atoms with Gasteiger partial charge in [-0.1, -0.05) is 47.8 Å². The summed E-state index contributed by atoms with van der Waals surface area (Å²) in [5, 5.41) is 0.984. The van der Waals surface area contributed by atoms with E-state index in [1.807, 2.05) is 59.9 Å². The normalized spacial score (nSPS) is 10.9. The first-order chi connectivity index (χ1) is 15.2. The minimum Gasteiger partial charge on any atom is -0.142 e. The molecule has 0 saturated carbocycles. The minimum atomic E-state index is 0.984. The highest BCUT2D eigenvalue weighted by atomic mass is 32.2. The molecule has 0 aliphatic carbocycles. The molecule has 0 heterocycles. The molecule has 0 nitrogen and oxygen atoms in total. The quantitative estimate of drug-likeness (QED) is 0.137. The van der Waals surface area contributed by atoms with E-state index < -0.39 is 0 Å². The second kappa shape index (κ2) is 11.7. The van der Waals surface area contributed by atoms with Gasteiger partial charge in [-0.15, -0.1) is 48.8 Å². The fourth-order valence-electron chi connectivity index (χ4n) is 2.71. The van der Waals surface area contributed by atoms with Crippen LogP contribution in [0.25, 0.3) is 0 Å². The smallest absolute Gasteiger partial charge is 0.0486 e. The molecule has 0 amide bonds. The molecular weight excluding hydrogens is 493 g/mol. The molecule has 0 unspecified atom stereocenters. The second-order valence-electron chi connectivity index (χ2n) is 6.49. The molecule has 31 heavy (non-hydrogen) atoms. The first kappa shape index (κ1) is 23.1. The molecule has 0 aromatic heterocycles. The molecule has 4 aromatic carbocycles. The average Bonchev–Trinajstić information content (AvgIpc) is 2.79. The van der Waals surface area contributed by atoms with Gasteiger partial charge in [0.15, 0.2) is 0 Å². The number of thioether (sulfide) groups is 2. The fraction of sp³-hybridized carbons (Fsp3) is 0.0400. The Morgan fingerprint density at radius 2 is 0.806 bits per heavy atom. The van der Waals surface area contributed by atoms with Crippen molar-refractivity contribution in [3.05, 3.63) is 97.1 Å². The van der Waals surface area contributed by atoms with Gasteiger partial charge in [-0.2, -0.15) is 0 Å². The van der Waals surface area contributed by atoms with Gasteiger partial charge in [0, 0.05) is 44.2 Å². The largest absolute Gasteiger partial charge is 0.142 e. The number of thiol groups is 2. The third-order valence-electron chi connectivity index (χ3n) is 4.28. The second-order valence-corrected chi connectivity index (χ2v) is 12.1. The van der Waals surface area contributed by atoms with Crippen LogP contribution in [0.2, 0.25) is 0 Å². The molecule has 0 N–H and O–H groups in total. The van der Waals surface area contributed by atoms with Crippen molar-refractivity contribution >= 4 is 72.3 Å². The van der Waals surface area contributed by atoms with E-state index in [1.54, 1.807) is 23.5 Å². The molecule has 6 heteroatoms. The van der Waals surface area contributed by atoms with Crippen LogP contribution in [0.3, 0.4) is 0 Å². The van der Waals surface area contributed by atoms with Crippen LogP contribution in [-0.4, -0.2) is 5.08 Å². The molecule has 4 rings (SSSR count). The van der Waals surface area contributed by atoms with E-state index in [-0.39, 0.29) is 0 Å². The van der Waals surface area contributed by atoms with Crippen LogP contribution in [0.5, 0.6) is 0 Å². The van der Waals surface area contributed by atoms with E-state index in [9.17, 15) is 0 Å². The Morgan fingerprint density at radius 1 is 0.452 bits per heavy atom. The van der Waals surface area contributed by atoms with Crippen molar-refractivity contribution < 1.29 is 0 Å². The van der Waals surface area contributed by atoms with Gasteiger partial charge in [0.05, 0.1) is 0 Å². The van der Waals surface area contributed by atoms with Crippen molar-refractivity contribution in [3.8, 4) is 0 Å². The summed E-state index contributed by atoms with van der Waals surface area (Å²) < 4.78 is 0. The lowest BCUT2D eigenvalue weighted by molar-refractivity contribution is 1.24. The van der Waals surface area contributed by atoms with Gasteiger partial charge in [0.1, 0.15) is 0 Å². The first-order valence-corrected chi connectivity index (χ1v) is 14.0. The molecule has 0 bridgehead atoms. The molecule has 0 spiro atoms. The van der Waals surface area contributed by atoms with E-state index in [4.69, 9.17) is 0 Å². The Bertz CT molecular complexity index is 1030. The van der Waals surface area contributed by atoms with Crippen molar-refractivity contribution in [1.29, 1.82) is 0 Å². The predicted octanol–water partition coefficient (Wildman–Crippen LogP) is 9.41. The van der Waals surface area contributed by atoms with Gasteiger partial charge in [-0.3, -0.25) is 0 Å². The number of benzene rings is 4. The highest BCUT2D eigenvalue weighted by molar-refractivity contribution is 8.16. The Labute approximate surface area is 212 Å². The van der Waals surface area contributed by atoms with Crippen LogP contribution < -0.4 is 0 Å². The highest BCUT2D eigenvalue weighted by Gasteiger charge is 2.04. The van der Waals surface area contributed by atoms with Crippen LogP contribution in [0.15, 0.2) is 136 Å². The van der Waals surface area contributed by atoms with Gasteiger partial charge in [0.25, 0.3) is 0 Å². The molecule has 0 atom stereocenters. The van der Waals surface area contributed by atoms with Crippen molar-refractivity contribution in [2.45, 2.75) is 39.2 Å². The Balaban J connectivity index is 1.26. The summed E-state index contributed by atoms with van der Waals surface area (Å²) in [5.41, 5.74) is 0. The zero-order valence-corrected chi connectivity index (χ0v) is 21.5. The third kappa shape index (κ3) is 6.98. The van der Waals surface area contributed by atoms with Gasteiger partial charge in [-0.25, -0.2) is 0 Å². The van der Waals surface area contributed by atoms with Crippen LogP contribution in [0.4, 0.5) is 0 Å². The van der Waals surface area contributed by atoms with Crippen molar-refractivity contribution in [2.24, 2.45) is 0 Å². The standard InChI is InChI=1S/C25H20S6/c26-22-5-1-3-7-24(22)30-20-13-9-18(10-14-20)28-17-29-19-11-15-21(16-12-19)31-25-8-4-2-6-23(25)27/h1-16,26-27H,17H2. The highest BCUT2D eigenvalue weighted by Crippen LogP contribution is 2.36. The molecule has 0 fully saturated rings. The minimum absolute atomic E-state index is 0.984. The molecule has 0 radical (unpaired) electrons. The summed E-state index contributed by atoms with van der Waals surface area (Å²) in [7, 11) is 0. The topological polar surface area (TPSA) is 0 Å². The Morgan fingerprint density at radius 3 is 1.19 bits per heavy atom. The first-order valence-electron chi connectivity index (χ1n) is 9.55. The molecule has 0 aliphatic heterocycles. The van der Waals surface area contributed by atoms with Gasteiger partial charge in [0.2, 0.25) is 0 Å². The molecule has 0 saturated heterocycles.